The molecule has 0 aliphatic carbocycles. The van der Waals surface area contributed by atoms with Gasteiger partial charge in [-0.05, 0) is 0 Å². The normalized spacial score (nSPS) is 19.1. The first-order chi connectivity index (χ1) is 4.30. The smallest absolute Gasteiger partial charge is 0.112 e. The molecular formula is C6H13N3. The standard InChI is InChI=1S/C6H13N3/c1-9(2)6-5-7-3-4-8-6/h7H,3-5H2,1-2H3. The number of hydrogen-bond donors (Lipinski definition) is 1. The zero-order valence-corrected chi connectivity index (χ0v) is 6.02. The van der Waals surface area contributed by atoms with Crippen LogP contribution in [0, 0.1) is 0 Å². The Kier molecular flexibility index (Phi) is 2.05. The third-order valence-corrected chi connectivity index (χ3v) is 1.38. The number of amidine groups is 1. The molecule has 9 heavy (non-hydrogen) atoms. The Morgan fingerprint density at radius 3 is 2.67 bits per heavy atom. The predicted molar refractivity (Wildman–Crippen MR) is 38.9 cm³/mol. The van der Waals surface area contributed by atoms with Gasteiger partial charge in [-0.2, -0.15) is 0 Å². The lowest BCUT2D eigenvalue weighted by atomic mass is 10.4. The molecule has 0 bridgehead atoms. The molecule has 0 saturated carbocycles. The van der Waals surface area contributed by atoms with Gasteiger partial charge in [0.2, 0.25) is 0 Å². The van der Waals surface area contributed by atoms with Crippen LogP contribution in [0.4, 0.5) is 0 Å². The molecule has 0 aromatic carbocycles. The van der Waals surface area contributed by atoms with Crippen LogP contribution >= 0.6 is 0 Å². The number of hydrogen-bond acceptors (Lipinski definition) is 3. The van der Waals surface area contributed by atoms with Gasteiger partial charge in [0.05, 0.1) is 13.1 Å². The molecule has 3 heteroatoms. The van der Waals surface area contributed by atoms with Crippen molar-refractivity contribution < 1.29 is 0 Å². The van der Waals surface area contributed by atoms with E-state index in [1.165, 1.54) is 0 Å². The summed E-state index contributed by atoms with van der Waals surface area (Å²) in [4.78, 5) is 6.36. The van der Waals surface area contributed by atoms with E-state index in [2.05, 4.69) is 10.3 Å². The van der Waals surface area contributed by atoms with E-state index in [-0.39, 0.29) is 0 Å². The van der Waals surface area contributed by atoms with Gasteiger partial charge < -0.3 is 10.2 Å². The van der Waals surface area contributed by atoms with Crippen LogP contribution in [0.25, 0.3) is 0 Å². The fourth-order valence-corrected chi connectivity index (χ4v) is 0.820. The Hall–Kier alpha value is -0.570. The van der Waals surface area contributed by atoms with Crippen molar-refractivity contribution in [3.8, 4) is 0 Å². The van der Waals surface area contributed by atoms with Crippen molar-refractivity contribution in [2.45, 2.75) is 0 Å². The maximum absolute atomic E-state index is 4.31. The quantitative estimate of drug-likeness (QED) is 0.477. The fraction of sp³-hybridized carbons (Fsp3) is 0.833. The minimum absolute atomic E-state index is 0.924. The average Bonchev–Trinajstić information content (AvgIpc) is 1.90. The van der Waals surface area contributed by atoms with E-state index in [0.717, 1.165) is 25.5 Å². The Labute approximate surface area is 55.8 Å². The van der Waals surface area contributed by atoms with Gasteiger partial charge in [-0.3, -0.25) is 4.99 Å². The van der Waals surface area contributed by atoms with Crippen molar-refractivity contribution in [3.05, 3.63) is 0 Å². The third-order valence-electron chi connectivity index (χ3n) is 1.38. The predicted octanol–water partition coefficient (Wildman–Crippen LogP) is -0.450. The molecule has 0 aromatic heterocycles. The minimum atomic E-state index is 0.924. The van der Waals surface area contributed by atoms with Gasteiger partial charge >= 0.3 is 0 Å². The maximum atomic E-state index is 4.31. The topological polar surface area (TPSA) is 27.6 Å². The lowest BCUT2D eigenvalue weighted by Gasteiger charge is -2.19. The van der Waals surface area contributed by atoms with E-state index in [9.17, 15) is 0 Å². The molecule has 0 saturated heterocycles. The first kappa shape index (κ1) is 6.55. The van der Waals surface area contributed by atoms with Crippen LogP contribution in [0.3, 0.4) is 0 Å². The third kappa shape index (κ3) is 1.68. The van der Waals surface area contributed by atoms with Crippen molar-refractivity contribution in [2.24, 2.45) is 4.99 Å². The molecule has 0 spiro atoms. The SMILES string of the molecule is CN(C)C1=NCCNC1. The van der Waals surface area contributed by atoms with Crippen LogP contribution < -0.4 is 5.32 Å². The molecule has 0 amide bonds. The summed E-state index contributed by atoms with van der Waals surface area (Å²) in [5.41, 5.74) is 0. The maximum Gasteiger partial charge on any atom is 0.112 e. The average molecular weight is 127 g/mol. The molecule has 0 radical (unpaired) electrons. The molecule has 3 nitrogen and oxygen atoms in total. The molecule has 52 valence electrons. The van der Waals surface area contributed by atoms with E-state index in [1.54, 1.807) is 0 Å². The summed E-state index contributed by atoms with van der Waals surface area (Å²) in [5, 5.41) is 3.24. The monoisotopic (exact) mass is 127 g/mol. The van der Waals surface area contributed by atoms with E-state index < -0.39 is 0 Å². The molecule has 1 rings (SSSR count). The minimum Gasteiger partial charge on any atom is -0.365 e. The molecule has 0 atom stereocenters. The molecule has 0 aromatic rings. The summed E-state index contributed by atoms with van der Waals surface area (Å²) in [5.74, 6) is 1.15. The van der Waals surface area contributed by atoms with E-state index in [4.69, 9.17) is 0 Å². The van der Waals surface area contributed by atoms with Gasteiger partial charge in [0.15, 0.2) is 0 Å². The van der Waals surface area contributed by atoms with Gasteiger partial charge in [-0.15, -0.1) is 0 Å². The van der Waals surface area contributed by atoms with Gasteiger partial charge in [0.1, 0.15) is 5.84 Å². The highest BCUT2D eigenvalue weighted by molar-refractivity contribution is 5.84. The fourth-order valence-electron chi connectivity index (χ4n) is 0.820. The first-order valence-corrected chi connectivity index (χ1v) is 3.22. The second-order valence-corrected chi connectivity index (χ2v) is 2.37. The van der Waals surface area contributed by atoms with Crippen molar-refractivity contribution >= 4 is 5.84 Å². The molecule has 1 heterocycles. The lowest BCUT2D eigenvalue weighted by Crippen LogP contribution is -2.38. The molecule has 1 aliphatic heterocycles. The van der Waals surface area contributed by atoms with Crippen molar-refractivity contribution in [1.29, 1.82) is 0 Å². The Morgan fingerprint density at radius 1 is 1.56 bits per heavy atom. The highest BCUT2D eigenvalue weighted by Crippen LogP contribution is 1.87. The summed E-state index contributed by atoms with van der Waals surface area (Å²) in [6.07, 6.45) is 0. The van der Waals surface area contributed by atoms with E-state index in [1.807, 2.05) is 19.0 Å². The number of aliphatic imine (C=N–C) groups is 1. The Balaban J connectivity index is 2.46. The second kappa shape index (κ2) is 2.82. The summed E-state index contributed by atoms with van der Waals surface area (Å²) in [7, 11) is 4.04. The van der Waals surface area contributed by atoms with Crippen molar-refractivity contribution in [2.75, 3.05) is 33.7 Å². The zero-order valence-electron chi connectivity index (χ0n) is 6.02. The van der Waals surface area contributed by atoms with Gasteiger partial charge in [0, 0.05) is 20.6 Å². The van der Waals surface area contributed by atoms with Gasteiger partial charge in [-0.25, -0.2) is 0 Å². The van der Waals surface area contributed by atoms with Crippen LogP contribution in [0.1, 0.15) is 0 Å². The Morgan fingerprint density at radius 2 is 2.33 bits per heavy atom. The summed E-state index contributed by atoms with van der Waals surface area (Å²) < 4.78 is 0. The zero-order chi connectivity index (χ0) is 6.69. The number of nitrogens with zero attached hydrogens (tertiary/aromatic N) is 2. The number of nitrogens with one attached hydrogen (secondary N) is 1. The van der Waals surface area contributed by atoms with Gasteiger partial charge in [-0.1, -0.05) is 0 Å². The highest BCUT2D eigenvalue weighted by atomic mass is 15.2. The van der Waals surface area contributed by atoms with Crippen LogP contribution in [0.15, 0.2) is 4.99 Å². The molecule has 1 aliphatic rings. The lowest BCUT2D eigenvalue weighted by molar-refractivity contribution is 0.573. The van der Waals surface area contributed by atoms with Crippen LogP contribution in [-0.2, 0) is 0 Å². The summed E-state index contributed by atoms with van der Waals surface area (Å²) in [6, 6.07) is 0. The first-order valence-electron chi connectivity index (χ1n) is 3.22. The molecule has 0 fully saturated rings. The summed E-state index contributed by atoms with van der Waals surface area (Å²) in [6.45, 7) is 2.87. The Bertz CT molecular complexity index is 117. The van der Waals surface area contributed by atoms with E-state index >= 15 is 0 Å². The highest BCUT2D eigenvalue weighted by Gasteiger charge is 2.03. The van der Waals surface area contributed by atoms with Crippen LogP contribution in [0.2, 0.25) is 0 Å². The molecule has 1 N–H and O–H groups in total. The largest absolute Gasteiger partial charge is 0.365 e. The summed E-state index contributed by atoms with van der Waals surface area (Å²) >= 11 is 0. The van der Waals surface area contributed by atoms with E-state index in [0.29, 0.717) is 0 Å². The van der Waals surface area contributed by atoms with Crippen molar-refractivity contribution in [1.82, 2.24) is 10.2 Å². The van der Waals surface area contributed by atoms with Crippen LogP contribution in [-0.4, -0.2) is 44.5 Å². The van der Waals surface area contributed by atoms with Gasteiger partial charge in [0.25, 0.3) is 0 Å². The molecule has 0 unspecified atom stereocenters. The number of likely N-dealkylation sites (N-methyl/N-ethyl adjacent to an activating group) is 1. The second-order valence-electron chi connectivity index (χ2n) is 2.37. The molecular weight excluding hydrogens is 114 g/mol. The van der Waals surface area contributed by atoms with Crippen molar-refractivity contribution in [3.63, 3.8) is 0 Å². The number of rotatable bonds is 0. The van der Waals surface area contributed by atoms with Crippen LogP contribution in [0.5, 0.6) is 0 Å².